The number of carbonyl (C=O) groups excluding carboxylic acids is 1. The molecule has 1 aliphatic carbocycles. The number of rotatable bonds is 3. The van der Waals surface area contributed by atoms with Crippen LogP contribution in [0.4, 0.5) is 4.39 Å². The fraction of sp³-hybridized carbons (Fsp3) is 0.357. The first-order chi connectivity index (χ1) is 8.61. The Morgan fingerprint density at radius 3 is 2.89 bits per heavy atom. The number of methoxy groups -OCH3 is 1. The molecule has 1 aromatic carbocycles. The van der Waals surface area contributed by atoms with E-state index in [1.54, 1.807) is 6.07 Å². The molecule has 18 heavy (non-hydrogen) atoms. The minimum atomic E-state index is -0.498. The number of ketones is 1. The van der Waals surface area contributed by atoms with Gasteiger partial charge >= 0.3 is 0 Å². The van der Waals surface area contributed by atoms with Crippen molar-refractivity contribution in [3.8, 4) is 5.75 Å². The summed E-state index contributed by atoms with van der Waals surface area (Å²) < 4.78 is 19.4. The van der Waals surface area contributed by atoms with E-state index in [2.05, 4.69) is 15.9 Å². The van der Waals surface area contributed by atoms with Crippen LogP contribution in [0.15, 0.2) is 28.8 Å². The van der Waals surface area contributed by atoms with E-state index in [0.29, 0.717) is 5.56 Å². The molecule has 96 valence electrons. The number of benzene rings is 1. The Hall–Kier alpha value is -1.16. The van der Waals surface area contributed by atoms with Crippen LogP contribution in [0.25, 0.3) is 0 Å². The van der Waals surface area contributed by atoms with Crippen LogP contribution in [0.5, 0.6) is 5.75 Å². The summed E-state index contributed by atoms with van der Waals surface area (Å²) in [5, 5.41) is 0. The van der Waals surface area contributed by atoms with Gasteiger partial charge in [-0.1, -0.05) is 22.0 Å². The average molecular weight is 313 g/mol. The van der Waals surface area contributed by atoms with Gasteiger partial charge in [0.25, 0.3) is 0 Å². The van der Waals surface area contributed by atoms with Crippen molar-refractivity contribution >= 4 is 21.7 Å². The van der Waals surface area contributed by atoms with E-state index in [1.807, 2.05) is 6.08 Å². The van der Waals surface area contributed by atoms with E-state index in [9.17, 15) is 9.18 Å². The van der Waals surface area contributed by atoms with Crippen molar-refractivity contribution in [2.24, 2.45) is 5.92 Å². The summed E-state index contributed by atoms with van der Waals surface area (Å²) in [5.41, 5.74) is 0.400. The van der Waals surface area contributed by atoms with Crippen LogP contribution in [0.1, 0.15) is 29.6 Å². The highest BCUT2D eigenvalue weighted by Gasteiger charge is 2.22. The molecule has 0 spiro atoms. The summed E-state index contributed by atoms with van der Waals surface area (Å²) in [4.78, 5) is 12.2. The molecule has 1 atom stereocenters. The molecule has 2 nitrogen and oxygen atoms in total. The molecule has 0 saturated heterocycles. The molecule has 0 aromatic heterocycles. The quantitative estimate of drug-likeness (QED) is 0.786. The predicted octanol–water partition coefficient (Wildman–Crippen LogP) is 4.10. The normalized spacial score (nSPS) is 19.3. The third kappa shape index (κ3) is 2.80. The fourth-order valence-electron chi connectivity index (χ4n) is 2.12. The first-order valence-corrected chi connectivity index (χ1v) is 6.65. The number of carbonyl (C=O) groups is 1. The molecule has 0 aliphatic heterocycles. The molecule has 1 unspecified atom stereocenters. The molecule has 4 heteroatoms. The zero-order valence-corrected chi connectivity index (χ0v) is 11.7. The molecular weight excluding hydrogens is 299 g/mol. The summed E-state index contributed by atoms with van der Waals surface area (Å²) in [6, 6.07) is 4.35. The standard InChI is InChI=1S/C14H14BrFO2/c1-18-13-6-5-10(8-12(13)16)14(17)9-3-2-4-11(15)7-9/h5-9H,2-4H2,1H3. The summed E-state index contributed by atoms with van der Waals surface area (Å²) >= 11 is 3.42. The number of Topliss-reactive ketones (excluding diaryl/α,β-unsaturated/α-hetero) is 1. The van der Waals surface area contributed by atoms with Crippen molar-refractivity contribution in [1.29, 1.82) is 0 Å². The van der Waals surface area contributed by atoms with E-state index < -0.39 is 5.82 Å². The molecule has 0 N–H and O–H groups in total. The van der Waals surface area contributed by atoms with Gasteiger partial charge in [-0.25, -0.2) is 4.39 Å². The van der Waals surface area contributed by atoms with Gasteiger partial charge in [-0.3, -0.25) is 4.79 Å². The van der Waals surface area contributed by atoms with E-state index in [1.165, 1.54) is 19.2 Å². The van der Waals surface area contributed by atoms with Crippen LogP contribution in [-0.4, -0.2) is 12.9 Å². The highest BCUT2D eigenvalue weighted by molar-refractivity contribution is 9.11. The van der Waals surface area contributed by atoms with Crippen molar-refractivity contribution in [2.45, 2.75) is 19.3 Å². The van der Waals surface area contributed by atoms with Gasteiger partial charge in [-0.2, -0.15) is 0 Å². The lowest BCUT2D eigenvalue weighted by atomic mass is 9.89. The molecule has 0 heterocycles. The number of ether oxygens (including phenoxy) is 1. The maximum atomic E-state index is 13.6. The van der Waals surface area contributed by atoms with Crippen molar-refractivity contribution in [2.75, 3.05) is 7.11 Å². The second kappa shape index (κ2) is 5.65. The first-order valence-electron chi connectivity index (χ1n) is 5.85. The van der Waals surface area contributed by atoms with Crippen LogP contribution >= 0.6 is 15.9 Å². The van der Waals surface area contributed by atoms with Crippen molar-refractivity contribution in [3.05, 3.63) is 40.1 Å². The molecule has 0 saturated carbocycles. The second-order valence-electron chi connectivity index (χ2n) is 4.33. The Kier molecular flexibility index (Phi) is 4.17. The number of hydrogen-bond acceptors (Lipinski definition) is 2. The zero-order valence-electron chi connectivity index (χ0n) is 10.1. The summed E-state index contributed by atoms with van der Waals surface area (Å²) in [7, 11) is 1.40. The van der Waals surface area contributed by atoms with Gasteiger partial charge < -0.3 is 4.74 Å². The van der Waals surface area contributed by atoms with Crippen molar-refractivity contribution < 1.29 is 13.9 Å². The molecule has 1 aromatic rings. The van der Waals surface area contributed by atoms with E-state index >= 15 is 0 Å². The van der Waals surface area contributed by atoms with E-state index in [-0.39, 0.29) is 17.5 Å². The Bertz CT molecular complexity index is 497. The Morgan fingerprint density at radius 2 is 2.28 bits per heavy atom. The van der Waals surface area contributed by atoms with Crippen LogP contribution in [0.3, 0.4) is 0 Å². The predicted molar refractivity (Wildman–Crippen MR) is 71.6 cm³/mol. The molecular formula is C14H14BrFO2. The van der Waals surface area contributed by atoms with Crippen LogP contribution in [0.2, 0.25) is 0 Å². The van der Waals surface area contributed by atoms with Crippen LogP contribution in [-0.2, 0) is 0 Å². The fourth-order valence-corrected chi connectivity index (χ4v) is 2.72. The molecule has 1 aliphatic rings. The SMILES string of the molecule is COc1ccc(C(=O)C2C=C(Br)CCC2)cc1F. The number of hydrogen-bond donors (Lipinski definition) is 0. The smallest absolute Gasteiger partial charge is 0.169 e. The van der Waals surface area contributed by atoms with Gasteiger partial charge in [-0.15, -0.1) is 0 Å². The van der Waals surface area contributed by atoms with Gasteiger partial charge in [0.1, 0.15) is 0 Å². The van der Waals surface area contributed by atoms with Gasteiger partial charge in [-0.05, 0) is 41.9 Å². The third-order valence-corrected chi connectivity index (χ3v) is 3.75. The minimum Gasteiger partial charge on any atom is -0.494 e. The Morgan fingerprint density at radius 1 is 1.50 bits per heavy atom. The van der Waals surface area contributed by atoms with Crippen LogP contribution in [0, 0.1) is 11.7 Å². The monoisotopic (exact) mass is 312 g/mol. The lowest BCUT2D eigenvalue weighted by Gasteiger charge is -2.17. The summed E-state index contributed by atoms with van der Waals surface area (Å²) in [6.07, 6.45) is 4.70. The van der Waals surface area contributed by atoms with E-state index in [0.717, 1.165) is 23.7 Å². The molecule has 0 bridgehead atoms. The van der Waals surface area contributed by atoms with Crippen molar-refractivity contribution in [1.82, 2.24) is 0 Å². The van der Waals surface area contributed by atoms with Crippen LogP contribution < -0.4 is 4.74 Å². The highest BCUT2D eigenvalue weighted by atomic mass is 79.9. The molecule has 0 radical (unpaired) electrons. The van der Waals surface area contributed by atoms with Gasteiger partial charge in [0.2, 0.25) is 0 Å². The Labute approximate surface area is 114 Å². The summed E-state index contributed by atoms with van der Waals surface area (Å²) in [6.45, 7) is 0. The topological polar surface area (TPSA) is 26.3 Å². The average Bonchev–Trinajstić information content (AvgIpc) is 2.37. The third-order valence-electron chi connectivity index (χ3n) is 3.09. The van der Waals surface area contributed by atoms with Gasteiger partial charge in [0, 0.05) is 11.5 Å². The van der Waals surface area contributed by atoms with Crippen molar-refractivity contribution in [3.63, 3.8) is 0 Å². The maximum absolute atomic E-state index is 13.6. The van der Waals surface area contributed by atoms with E-state index in [4.69, 9.17) is 4.74 Å². The van der Waals surface area contributed by atoms with Gasteiger partial charge in [0.05, 0.1) is 7.11 Å². The Balaban J connectivity index is 2.23. The highest BCUT2D eigenvalue weighted by Crippen LogP contribution is 2.29. The largest absolute Gasteiger partial charge is 0.494 e. The molecule has 0 fully saturated rings. The lowest BCUT2D eigenvalue weighted by Crippen LogP contribution is -2.15. The molecule has 0 amide bonds. The number of allylic oxidation sites excluding steroid dienone is 2. The second-order valence-corrected chi connectivity index (χ2v) is 5.34. The summed E-state index contributed by atoms with van der Waals surface area (Å²) in [5.74, 6) is -0.525. The first kappa shape index (κ1) is 13.3. The number of halogens is 2. The lowest BCUT2D eigenvalue weighted by molar-refractivity contribution is 0.0936. The maximum Gasteiger partial charge on any atom is 0.169 e. The van der Waals surface area contributed by atoms with Gasteiger partial charge in [0.15, 0.2) is 17.3 Å². The minimum absolute atomic E-state index is 0.0341. The molecule has 2 rings (SSSR count). The zero-order chi connectivity index (χ0) is 13.1.